The number of carbonyl (C=O) groups excluding carboxylic acids is 1. The van der Waals surface area contributed by atoms with Gasteiger partial charge in [-0.2, -0.15) is 8.42 Å². The highest BCUT2D eigenvalue weighted by Crippen LogP contribution is 2.32. The van der Waals surface area contributed by atoms with Crippen molar-refractivity contribution in [3.63, 3.8) is 0 Å². The van der Waals surface area contributed by atoms with E-state index in [2.05, 4.69) is 4.72 Å². The molecule has 0 amide bonds. The average molecular weight is 225 g/mol. The molecule has 0 heterocycles. The number of hydrogen-bond donors (Lipinski definition) is 1. The topological polar surface area (TPSA) is 63.2 Å². The minimum Gasteiger partial charge on any atom is -0.279 e. The highest BCUT2D eigenvalue weighted by molar-refractivity contribution is 8.07. The molecule has 0 saturated heterocycles. The van der Waals surface area contributed by atoms with Crippen LogP contribution < -0.4 is 4.72 Å². The smallest absolute Gasteiger partial charge is 0.279 e. The second-order valence-electron chi connectivity index (χ2n) is 3.56. The predicted molar refractivity (Wildman–Crippen MR) is 56.7 cm³/mol. The lowest BCUT2D eigenvalue weighted by Gasteiger charge is -2.05. The van der Waals surface area contributed by atoms with E-state index >= 15 is 0 Å². The molecule has 0 unspecified atom stereocenters. The van der Waals surface area contributed by atoms with Crippen molar-refractivity contribution < 1.29 is 13.2 Å². The molecule has 1 aliphatic carbocycles. The summed E-state index contributed by atoms with van der Waals surface area (Å²) in [5, 5.41) is -0.689. The third-order valence-electron chi connectivity index (χ3n) is 2.20. The first-order chi connectivity index (χ1) is 7.09. The minimum absolute atomic E-state index is 0.286. The molecule has 1 N–H and O–H groups in total. The molecule has 1 aliphatic rings. The number of para-hydroxylation sites is 1. The summed E-state index contributed by atoms with van der Waals surface area (Å²) in [6.45, 7) is 0. The number of hydrogen-bond acceptors (Lipinski definition) is 3. The lowest BCUT2D eigenvalue weighted by Crippen LogP contribution is -2.24. The third kappa shape index (κ3) is 2.36. The van der Waals surface area contributed by atoms with Crippen LogP contribution in [0.25, 0.3) is 0 Å². The van der Waals surface area contributed by atoms with E-state index in [4.69, 9.17) is 0 Å². The number of anilines is 1. The number of rotatable bonds is 3. The molecule has 0 atom stereocenters. The van der Waals surface area contributed by atoms with E-state index in [0.717, 1.165) is 0 Å². The Morgan fingerprint density at radius 1 is 1.20 bits per heavy atom. The van der Waals surface area contributed by atoms with Gasteiger partial charge in [-0.1, -0.05) is 18.2 Å². The van der Waals surface area contributed by atoms with Gasteiger partial charge in [0.1, 0.15) is 0 Å². The summed E-state index contributed by atoms with van der Waals surface area (Å²) in [7, 11) is -3.84. The van der Waals surface area contributed by atoms with Crippen molar-refractivity contribution in [1.29, 1.82) is 0 Å². The zero-order valence-electron chi connectivity index (χ0n) is 8.01. The van der Waals surface area contributed by atoms with E-state index in [9.17, 15) is 13.2 Å². The van der Waals surface area contributed by atoms with Crippen molar-refractivity contribution in [2.45, 2.75) is 12.8 Å². The van der Waals surface area contributed by atoms with Crippen LogP contribution in [0.3, 0.4) is 0 Å². The van der Waals surface area contributed by atoms with E-state index in [1.165, 1.54) is 0 Å². The second-order valence-corrected chi connectivity index (χ2v) is 5.18. The Kier molecular flexibility index (Phi) is 2.48. The molecule has 1 fully saturated rings. The number of sulfonamides is 1. The molecule has 4 nitrogen and oxygen atoms in total. The van der Waals surface area contributed by atoms with Gasteiger partial charge in [0.2, 0.25) is 0 Å². The number of nitrogens with one attached hydrogen (secondary N) is 1. The van der Waals surface area contributed by atoms with Gasteiger partial charge < -0.3 is 0 Å². The molecule has 1 saturated carbocycles. The Morgan fingerprint density at radius 3 is 2.33 bits per heavy atom. The quantitative estimate of drug-likeness (QED) is 0.844. The lowest BCUT2D eigenvalue weighted by molar-refractivity contribution is -0.112. The summed E-state index contributed by atoms with van der Waals surface area (Å²) in [6.07, 6.45) is 1.38. The highest BCUT2D eigenvalue weighted by atomic mass is 32.2. The maximum Gasteiger partial charge on any atom is 0.296 e. The van der Waals surface area contributed by atoms with E-state index in [1.807, 2.05) is 0 Å². The fourth-order valence-electron chi connectivity index (χ4n) is 1.25. The molecular weight excluding hydrogens is 214 g/mol. The Labute approximate surface area is 88.4 Å². The second kappa shape index (κ2) is 3.66. The van der Waals surface area contributed by atoms with Crippen LogP contribution in [-0.2, 0) is 14.8 Å². The first-order valence-electron chi connectivity index (χ1n) is 4.71. The first-order valence-corrected chi connectivity index (χ1v) is 6.19. The normalized spacial score (nSPS) is 16.0. The lowest BCUT2D eigenvalue weighted by atomic mass is 10.3. The van der Waals surface area contributed by atoms with Crippen molar-refractivity contribution in [1.82, 2.24) is 0 Å². The zero-order chi connectivity index (χ0) is 10.9. The van der Waals surface area contributed by atoms with Crippen molar-refractivity contribution in [3.05, 3.63) is 30.3 Å². The summed E-state index contributed by atoms with van der Waals surface area (Å²) in [6, 6.07) is 8.41. The molecule has 0 spiro atoms. The molecule has 5 heteroatoms. The van der Waals surface area contributed by atoms with Crippen molar-refractivity contribution >= 4 is 20.8 Å². The maximum atomic E-state index is 11.5. The molecule has 80 valence electrons. The molecule has 0 bridgehead atoms. The third-order valence-corrected chi connectivity index (χ3v) is 3.57. The van der Waals surface area contributed by atoms with E-state index < -0.39 is 15.1 Å². The summed E-state index contributed by atoms with van der Waals surface area (Å²) in [5.74, 6) is -0.286. The van der Waals surface area contributed by atoms with Crippen LogP contribution in [0, 0.1) is 5.92 Å². The van der Waals surface area contributed by atoms with E-state index in [0.29, 0.717) is 18.5 Å². The maximum absolute atomic E-state index is 11.5. The SMILES string of the molecule is O=C(C1CC1)S(=O)(=O)Nc1ccccc1. The van der Waals surface area contributed by atoms with Gasteiger partial charge in [-0.05, 0) is 25.0 Å². The van der Waals surface area contributed by atoms with E-state index in [-0.39, 0.29) is 5.92 Å². The Balaban J connectivity index is 2.14. The molecule has 1 aromatic rings. The predicted octanol–water partition coefficient (Wildman–Crippen LogP) is 1.36. The van der Waals surface area contributed by atoms with Gasteiger partial charge in [0, 0.05) is 11.6 Å². The Morgan fingerprint density at radius 2 is 1.80 bits per heavy atom. The van der Waals surface area contributed by atoms with E-state index in [1.54, 1.807) is 30.3 Å². The summed E-state index contributed by atoms with van der Waals surface area (Å²) in [5.41, 5.74) is 0.423. The fourth-order valence-corrected chi connectivity index (χ4v) is 2.47. The molecule has 0 aromatic heterocycles. The fraction of sp³-hybridized carbons (Fsp3) is 0.300. The first kappa shape index (κ1) is 10.2. The van der Waals surface area contributed by atoms with Crippen LogP contribution in [0.4, 0.5) is 5.69 Å². The Bertz CT molecular complexity index is 463. The van der Waals surface area contributed by atoms with Gasteiger partial charge in [0.15, 0.2) is 0 Å². The monoisotopic (exact) mass is 225 g/mol. The molecular formula is C10H11NO3S. The largest absolute Gasteiger partial charge is 0.296 e. The van der Waals surface area contributed by atoms with Crippen LogP contribution in [0.15, 0.2) is 30.3 Å². The van der Waals surface area contributed by atoms with Gasteiger partial charge in [0.05, 0.1) is 0 Å². The van der Waals surface area contributed by atoms with Gasteiger partial charge in [-0.15, -0.1) is 0 Å². The van der Waals surface area contributed by atoms with Crippen LogP contribution in [0.2, 0.25) is 0 Å². The summed E-state index contributed by atoms with van der Waals surface area (Å²) in [4.78, 5) is 11.4. The van der Waals surface area contributed by atoms with Crippen molar-refractivity contribution in [2.75, 3.05) is 4.72 Å². The zero-order valence-corrected chi connectivity index (χ0v) is 8.83. The van der Waals surface area contributed by atoms with Crippen LogP contribution >= 0.6 is 0 Å². The molecule has 15 heavy (non-hydrogen) atoms. The molecule has 1 aromatic carbocycles. The summed E-state index contributed by atoms with van der Waals surface area (Å²) < 4.78 is 25.3. The van der Waals surface area contributed by atoms with Gasteiger partial charge in [-0.25, -0.2) is 0 Å². The Hall–Kier alpha value is -1.36. The summed E-state index contributed by atoms with van der Waals surface area (Å²) >= 11 is 0. The molecule has 0 radical (unpaired) electrons. The van der Waals surface area contributed by atoms with Crippen LogP contribution in [-0.4, -0.2) is 13.5 Å². The van der Waals surface area contributed by atoms with Gasteiger partial charge in [-0.3, -0.25) is 9.52 Å². The molecule has 0 aliphatic heterocycles. The minimum atomic E-state index is -3.84. The molecule has 2 rings (SSSR count). The number of carbonyl (C=O) groups is 1. The van der Waals surface area contributed by atoms with Gasteiger partial charge in [0.25, 0.3) is 15.1 Å². The highest BCUT2D eigenvalue weighted by Gasteiger charge is 2.38. The number of benzene rings is 1. The van der Waals surface area contributed by atoms with Crippen molar-refractivity contribution in [2.24, 2.45) is 5.92 Å². The average Bonchev–Trinajstić information content (AvgIpc) is 3.00. The van der Waals surface area contributed by atoms with Crippen LogP contribution in [0.5, 0.6) is 0 Å². The van der Waals surface area contributed by atoms with Gasteiger partial charge >= 0.3 is 0 Å². The van der Waals surface area contributed by atoms with Crippen LogP contribution in [0.1, 0.15) is 12.8 Å². The standard InChI is InChI=1S/C10H11NO3S/c12-10(8-6-7-8)15(13,14)11-9-4-2-1-3-5-9/h1-5,8,11H,6-7H2. The van der Waals surface area contributed by atoms with Crippen molar-refractivity contribution in [3.8, 4) is 0 Å².